The molecule has 0 amide bonds. The first kappa shape index (κ1) is 23.4. The molecule has 182 valence electrons. The number of aromatic nitrogens is 1. The van der Waals surface area contributed by atoms with Crippen LogP contribution in [-0.4, -0.2) is 51.0 Å². The van der Waals surface area contributed by atoms with Crippen molar-refractivity contribution >= 4 is 17.5 Å². The van der Waals surface area contributed by atoms with Gasteiger partial charge in [-0.3, -0.25) is 14.6 Å². The fraction of sp³-hybridized carbons (Fsp3) is 0.630. The van der Waals surface area contributed by atoms with Crippen LogP contribution in [0.4, 0.5) is 0 Å². The molecule has 0 spiro atoms. The maximum Gasteiger partial charge on any atom is 0.338 e. The normalized spacial score (nSPS) is 41.1. The highest BCUT2D eigenvalue weighted by molar-refractivity contribution is 5.94. The number of aliphatic hydroxyl groups excluding tert-OH is 1. The summed E-state index contributed by atoms with van der Waals surface area (Å²) in [6, 6.07) is 3.22. The topological polar surface area (TPSA) is 114 Å². The lowest BCUT2D eigenvalue weighted by Gasteiger charge is -2.60. The molecule has 1 aromatic rings. The molecule has 3 fully saturated rings. The number of carbonyl (C=O) groups excluding carboxylic acids is 3. The molecule has 1 heterocycles. The van der Waals surface area contributed by atoms with Gasteiger partial charge >= 0.3 is 5.97 Å². The van der Waals surface area contributed by atoms with Crippen molar-refractivity contribution in [2.24, 2.45) is 28.6 Å². The highest BCUT2D eigenvalue weighted by Crippen LogP contribution is 2.67. The summed E-state index contributed by atoms with van der Waals surface area (Å²) in [5, 5.41) is 20.9. The molecule has 0 radical (unpaired) electrons. The number of rotatable bonds is 4. The third-order valence-electron chi connectivity index (χ3n) is 9.96. The van der Waals surface area contributed by atoms with Gasteiger partial charge in [0.1, 0.15) is 18.3 Å². The molecule has 7 heteroatoms. The second-order valence-corrected chi connectivity index (χ2v) is 11.1. The summed E-state index contributed by atoms with van der Waals surface area (Å²) in [6.45, 7) is 3.50. The Morgan fingerprint density at radius 3 is 2.53 bits per heavy atom. The minimum Gasteiger partial charge on any atom is -0.457 e. The maximum absolute atomic E-state index is 12.9. The first-order chi connectivity index (χ1) is 16.1. The molecule has 4 aliphatic carbocycles. The van der Waals surface area contributed by atoms with Crippen LogP contribution in [0.2, 0.25) is 0 Å². The zero-order valence-electron chi connectivity index (χ0n) is 19.8. The third-order valence-corrected chi connectivity index (χ3v) is 9.96. The zero-order valence-corrected chi connectivity index (χ0v) is 19.8. The Morgan fingerprint density at radius 1 is 1.12 bits per heavy atom. The smallest absolute Gasteiger partial charge is 0.338 e. The molecule has 7 atom stereocenters. The molecule has 0 bridgehead atoms. The number of carbonyl (C=O) groups is 3. The van der Waals surface area contributed by atoms with Gasteiger partial charge in [-0.2, -0.15) is 0 Å². The highest BCUT2D eigenvalue weighted by atomic mass is 16.5. The van der Waals surface area contributed by atoms with E-state index in [0.717, 1.165) is 31.3 Å². The van der Waals surface area contributed by atoms with Crippen LogP contribution in [0.5, 0.6) is 0 Å². The van der Waals surface area contributed by atoms with Crippen LogP contribution in [0, 0.1) is 28.6 Å². The Kier molecular flexibility index (Phi) is 5.56. The number of ketones is 2. The largest absolute Gasteiger partial charge is 0.457 e. The van der Waals surface area contributed by atoms with Crippen molar-refractivity contribution in [1.82, 2.24) is 4.98 Å². The van der Waals surface area contributed by atoms with Crippen molar-refractivity contribution in [3.63, 3.8) is 0 Å². The molecule has 2 N–H and O–H groups in total. The van der Waals surface area contributed by atoms with E-state index in [9.17, 15) is 24.6 Å². The summed E-state index contributed by atoms with van der Waals surface area (Å²) >= 11 is 0. The van der Waals surface area contributed by atoms with Crippen LogP contribution in [0.25, 0.3) is 0 Å². The molecule has 0 saturated heterocycles. The van der Waals surface area contributed by atoms with E-state index in [-0.39, 0.29) is 30.0 Å². The van der Waals surface area contributed by atoms with E-state index >= 15 is 0 Å². The highest BCUT2D eigenvalue weighted by Gasteiger charge is 2.67. The molecule has 3 saturated carbocycles. The fourth-order valence-electron chi connectivity index (χ4n) is 8.04. The molecule has 0 aliphatic heterocycles. The fourth-order valence-corrected chi connectivity index (χ4v) is 8.04. The number of fused-ring (bicyclic) bond motifs is 5. The standard InChI is InChI=1S/C27H33NO6/c1-25-9-5-21-19(20(25)6-10-27(25,33)22(31)15-29)4-3-17-13-18(30)14-23(26(17,21)2)34-24(32)16-7-11-28-12-8-16/h7-8,11-13,19-21,23,29,33H,3-6,9-10,14-15H2,1-2H3/t19-,20-,21-,23?,25-,26-,27-/m0/s1. The van der Waals surface area contributed by atoms with Gasteiger partial charge in [-0.15, -0.1) is 0 Å². The van der Waals surface area contributed by atoms with Crippen LogP contribution in [0.15, 0.2) is 36.2 Å². The number of esters is 1. The van der Waals surface area contributed by atoms with Crippen molar-refractivity contribution in [2.45, 2.75) is 70.5 Å². The van der Waals surface area contributed by atoms with E-state index in [1.165, 1.54) is 0 Å². The molecule has 1 unspecified atom stereocenters. The summed E-state index contributed by atoms with van der Waals surface area (Å²) in [5.41, 5.74) is -1.08. The minimum atomic E-state index is -1.50. The van der Waals surface area contributed by atoms with Crippen LogP contribution in [-0.2, 0) is 14.3 Å². The molecule has 0 aromatic carbocycles. The Hall–Kier alpha value is -2.38. The van der Waals surface area contributed by atoms with Gasteiger partial charge in [0.15, 0.2) is 11.6 Å². The molecule has 1 aromatic heterocycles. The van der Waals surface area contributed by atoms with E-state index in [1.54, 1.807) is 30.6 Å². The molecule has 7 nitrogen and oxygen atoms in total. The lowest BCUT2D eigenvalue weighted by Crippen LogP contribution is -2.60. The molecule has 34 heavy (non-hydrogen) atoms. The summed E-state index contributed by atoms with van der Waals surface area (Å²) in [5.74, 6) is -0.375. The second kappa shape index (κ2) is 8.09. The number of Topliss-reactive ketones (excluding diaryl/α,β-unsaturated/α-hetero) is 1. The molecule has 4 aliphatic rings. The van der Waals surface area contributed by atoms with Gasteiger partial charge in [0.2, 0.25) is 0 Å². The van der Waals surface area contributed by atoms with Crippen LogP contribution in [0.3, 0.4) is 0 Å². The van der Waals surface area contributed by atoms with Crippen molar-refractivity contribution in [3.05, 3.63) is 41.7 Å². The summed E-state index contributed by atoms with van der Waals surface area (Å²) < 4.78 is 6.04. The Labute approximate surface area is 199 Å². The Morgan fingerprint density at radius 2 is 1.82 bits per heavy atom. The van der Waals surface area contributed by atoms with Gasteiger partial charge in [0, 0.05) is 29.6 Å². The van der Waals surface area contributed by atoms with Gasteiger partial charge in [0.05, 0.1) is 5.56 Å². The lowest BCUT2D eigenvalue weighted by atomic mass is 9.45. The Bertz CT molecular complexity index is 1050. The molecular weight excluding hydrogens is 434 g/mol. The maximum atomic E-state index is 12.9. The van der Waals surface area contributed by atoms with E-state index in [0.29, 0.717) is 18.4 Å². The quantitative estimate of drug-likeness (QED) is 0.654. The van der Waals surface area contributed by atoms with Crippen molar-refractivity contribution in [2.75, 3.05) is 6.61 Å². The van der Waals surface area contributed by atoms with E-state index < -0.39 is 40.9 Å². The summed E-state index contributed by atoms with van der Waals surface area (Å²) in [4.78, 5) is 42.1. The average Bonchev–Trinajstić information content (AvgIpc) is 3.11. The van der Waals surface area contributed by atoms with Gasteiger partial charge < -0.3 is 14.9 Å². The lowest BCUT2D eigenvalue weighted by molar-refractivity contribution is -0.168. The summed E-state index contributed by atoms with van der Waals surface area (Å²) in [7, 11) is 0. The van der Waals surface area contributed by atoms with E-state index in [1.807, 2.05) is 6.92 Å². The van der Waals surface area contributed by atoms with Crippen LogP contribution >= 0.6 is 0 Å². The molecule has 5 rings (SSSR count). The van der Waals surface area contributed by atoms with Gasteiger partial charge in [0.25, 0.3) is 0 Å². The van der Waals surface area contributed by atoms with Gasteiger partial charge in [-0.1, -0.05) is 19.4 Å². The summed E-state index contributed by atoms with van der Waals surface area (Å²) in [6.07, 6.45) is 8.61. The number of hydrogen-bond acceptors (Lipinski definition) is 7. The zero-order chi connectivity index (χ0) is 24.3. The van der Waals surface area contributed by atoms with Crippen molar-refractivity contribution in [1.29, 1.82) is 0 Å². The number of pyridine rings is 1. The minimum absolute atomic E-state index is 0.0112. The third kappa shape index (κ3) is 3.16. The van der Waals surface area contributed by atoms with Gasteiger partial charge in [-0.25, -0.2) is 4.79 Å². The first-order valence-electron chi connectivity index (χ1n) is 12.4. The number of hydrogen-bond donors (Lipinski definition) is 2. The molecular formula is C27H33NO6. The predicted octanol–water partition coefficient (Wildman–Crippen LogP) is 3.04. The monoisotopic (exact) mass is 467 g/mol. The van der Waals surface area contributed by atoms with E-state index in [2.05, 4.69) is 11.9 Å². The first-order valence-corrected chi connectivity index (χ1v) is 12.4. The second-order valence-electron chi connectivity index (χ2n) is 11.1. The number of nitrogens with zero attached hydrogens (tertiary/aromatic N) is 1. The number of ether oxygens (including phenoxy) is 1. The van der Waals surface area contributed by atoms with Crippen LogP contribution < -0.4 is 0 Å². The van der Waals surface area contributed by atoms with Gasteiger partial charge in [-0.05, 0) is 74.5 Å². The van der Waals surface area contributed by atoms with Crippen molar-refractivity contribution in [3.8, 4) is 0 Å². The van der Waals surface area contributed by atoms with Crippen molar-refractivity contribution < 1.29 is 29.3 Å². The van der Waals surface area contributed by atoms with E-state index in [4.69, 9.17) is 4.74 Å². The Balaban J connectivity index is 1.48. The average molecular weight is 468 g/mol. The van der Waals surface area contributed by atoms with Crippen LogP contribution in [0.1, 0.15) is 69.2 Å². The number of aliphatic hydroxyl groups is 2. The predicted molar refractivity (Wildman–Crippen MR) is 123 cm³/mol. The SMILES string of the molecule is C[C@]12CC[C@H]3[C@@H](CCC4=CC(=O)CC(OC(=O)c5ccncc5)[C@@]43C)[C@@H]1CC[C@]2(O)C(=O)CO.